The molecule has 0 radical (unpaired) electrons. The first kappa shape index (κ1) is 12.7. The van der Waals surface area contributed by atoms with Gasteiger partial charge < -0.3 is 5.32 Å². The lowest BCUT2D eigenvalue weighted by molar-refractivity contribution is 0.305. The van der Waals surface area contributed by atoms with Crippen molar-refractivity contribution in [3.05, 3.63) is 0 Å². The van der Waals surface area contributed by atoms with Gasteiger partial charge >= 0.3 is 0 Å². The van der Waals surface area contributed by atoms with Gasteiger partial charge in [0.1, 0.15) is 0 Å². The number of thioether (sulfide) groups is 1. The highest BCUT2D eigenvalue weighted by Gasteiger charge is 2.33. The van der Waals surface area contributed by atoms with Crippen molar-refractivity contribution >= 4 is 21.6 Å². The third-order valence-electron chi connectivity index (χ3n) is 3.31. The van der Waals surface area contributed by atoms with Crippen molar-refractivity contribution in [1.82, 2.24) is 5.32 Å². The van der Waals surface area contributed by atoms with Gasteiger partial charge in [0.15, 0.2) is 9.84 Å². The second-order valence-electron chi connectivity index (χ2n) is 5.85. The van der Waals surface area contributed by atoms with Crippen LogP contribution in [0.5, 0.6) is 0 Å². The van der Waals surface area contributed by atoms with Gasteiger partial charge in [0.2, 0.25) is 0 Å². The Kier molecular flexibility index (Phi) is 3.57. The molecule has 2 atom stereocenters. The Morgan fingerprint density at radius 1 is 1.31 bits per heavy atom. The zero-order valence-electron chi connectivity index (χ0n) is 10.0. The lowest BCUT2D eigenvalue weighted by atomic mass is 9.87. The number of nitrogens with one attached hydrogen (secondary N) is 1. The quantitative estimate of drug-likeness (QED) is 0.815. The summed E-state index contributed by atoms with van der Waals surface area (Å²) in [5.41, 5.74) is 0.387. The molecule has 2 saturated heterocycles. The van der Waals surface area contributed by atoms with E-state index >= 15 is 0 Å². The Labute approximate surface area is 103 Å². The van der Waals surface area contributed by atoms with E-state index in [1.807, 2.05) is 11.8 Å². The predicted octanol–water partition coefficient (Wildman–Crippen LogP) is 1.29. The molecule has 0 amide bonds. The van der Waals surface area contributed by atoms with Gasteiger partial charge in [-0.05, 0) is 24.0 Å². The van der Waals surface area contributed by atoms with Crippen molar-refractivity contribution in [2.24, 2.45) is 5.41 Å². The van der Waals surface area contributed by atoms with Gasteiger partial charge in [0.25, 0.3) is 0 Å². The minimum Gasteiger partial charge on any atom is -0.309 e. The first-order valence-corrected chi connectivity index (χ1v) is 8.88. The Bertz CT molecular complexity index is 351. The minimum absolute atomic E-state index is 0.199. The highest BCUT2D eigenvalue weighted by atomic mass is 32.2. The minimum atomic E-state index is -2.74. The van der Waals surface area contributed by atoms with Crippen molar-refractivity contribution < 1.29 is 8.42 Å². The molecule has 2 unspecified atom stereocenters. The van der Waals surface area contributed by atoms with Crippen LogP contribution in [0, 0.1) is 5.41 Å². The number of sulfone groups is 1. The van der Waals surface area contributed by atoms with Gasteiger partial charge in [-0.25, -0.2) is 8.42 Å². The van der Waals surface area contributed by atoms with Crippen LogP contribution >= 0.6 is 11.8 Å². The molecule has 2 rings (SSSR count). The van der Waals surface area contributed by atoms with Gasteiger partial charge in [-0.15, -0.1) is 0 Å². The van der Waals surface area contributed by atoms with E-state index < -0.39 is 9.84 Å². The maximum atomic E-state index is 11.4. The average Bonchev–Trinajstić information content (AvgIpc) is 2.43. The molecule has 0 spiro atoms. The van der Waals surface area contributed by atoms with Crippen molar-refractivity contribution in [1.29, 1.82) is 0 Å². The molecule has 0 aromatic heterocycles. The Morgan fingerprint density at radius 3 is 2.62 bits per heavy atom. The molecule has 2 aliphatic rings. The standard InChI is InChI=1S/C11H21NO2S2/c1-11(2)5-10(6-15-8-11)12-9-3-4-16(13,14)7-9/h9-10,12H,3-8H2,1-2H3. The van der Waals surface area contributed by atoms with Gasteiger partial charge in [-0.2, -0.15) is 11.8 Å². The molecular weight excluding hydrogens is 242 g/mol. The maximum absolute atomic E-state index is 11.4. The van der Waals surface area contributed by atoms with Gasteiger partial charge in [0, 0.05) is 17.8 Å². The van der Waals surface area contributed by atoms with Crippen LogP contribution < -0.4 is 5.32 Å². The highest BCUT2D eigenvalue weighted by molar-refractivity contribution is 7.99. The average molecular weight is 263 g/mol. The van der Waals surface area contributed by atoms with Crippen molar-refractivity contribution in [3.8, 4) is 0 Å². The lowest BCUT2D eigenvalue weighted by Gasteiger charge is -2.36. The number of rotatable bonds is 2. The highest BCUT2D eigenvalue weighted by Crippen LogP contribution is 2.33. The molecule has 2 heterocycles. The van der Waals surface area contributed by atoms with E-state index in [4.69, 9.17) is 0 Å². The monoisotopic (exact) mass is 263 g/mol. The zero-order chi connectivity index (χ0) is 11.8. The van der Waals surface area contributed by atoms with Crippen molar-refractivity contribution in [2.45, 2.75) is 38.8 Å². The molecule has 94 valence electrons. The molecule has 5 heteroatoms. The molecule has 0 aromatic carbocycles. The first-order valence-electron chi connectivity index (χ1n) is 5.91. The van der Waals surface area contributed by atoms with Gasteiger partial charge in [0.05, 0.1) is 11.5 Å². The van der Waals surface area contributed by atoms with E-state index in [9.17, 15) is 8.42 Å². The molecule has 0 aromatic rings. The molecule has 2 fully saturated rings. The second kappa shape index (κ2) is 4.50. The van der Waals surface area contributed by atoms with Crippen LogP contribution in [0.25, 0.3) is 0 Å². The topological polar surface area (TPSA) is 46.2 Å². The summed E-state index contributed by atoms with van der Waals surface area (Å²) < 4.78 is 22.7. The van der Waals surface area contributed by atoms with Gasteiger partial charge in [-0.3, -0.25) is 0 Å². The van der Waals surface area contributed by atoms with E-state index in [0.717, 1.165) is 18.6 Å². The smallest absolute Gasteiger partial charge is 0.151 e. The van der Waals surface area contributed by atoms with Crippen LogP contribution in [0.1, 0.15) is 26.7 Å². The first-order chi connectivity index (χ1) is 7.36. The van der Waals surface area contributed by atoms with Crippen molar-refractivity contribution in [3.63, 3.8) is 0 Å². The van der Waals surface area contributed by atoms with Crippen LogP contribution in [-0.2, 0) is 9.84 Å². The van der Waals surface area contributed by atoms with Gasteiger partial charge in [-0.1, -0.05) is 13.8 Å². The largest absolute Gasteiger partial charge is 0.309 e. The van der Waals surface area contributed by atoms with Crippen LogP contribution in [0.15, 0.2) is 0 Å². The summed E-state index contributed by atoms with van der Waals surface area (Å²) in [6, 6.07) is 0.691. The Morgan fingerprint density at radius 2 is 2.06 bits per heavy atom. The SMILES string of the molecule is CC1(C)CSCC(NC2CCS(=O)(=O)C2)C1. The molecule has 0 saturated carbocycles. The summed E-state index contributed by atoms with van der Waals surface area (Å²) in [6.45, 7) is 4.58. The fourth-order valence-corrected chi connectivity index (χ4v) is 5.60. The summed E-state index contributed by atoms with van der Waals surface area (Å²) >= 11 is 1.98. The Balaban J connectivity index is 1.86. The molecule has 1 N–H and O–H groups in total. The fourth-order valence-electron chi connectivity index (χ4n) is 2.63. The lowest BCUT2D eigenvalue weighted by Crippen LogP contribution is -2.45. The predicted molar refractivity (Wildman–Crippen MR) is 69.7 cm³/mol. The molecule has 2 aliphatic heterocycles. The number of hydrogen-bond donors (Lipinski definition) is 1. The van der Waals surface area contributed by atoms with Crippen LogP contribution in [-0.4, -0.2) is 43.5 Å². The maximum Gasteiger partial charge on any atom is 0.151 e. The second-order valence-corrected chi connectivity index (χ2v) is 9.11. The molecular formula is C11H21NO2S2. The van der Waals surface area contributed by atoms with E-state index in [-0.39, 0.29) is 6.04 Å². The molecule has 16 heavy (non-hydrogen) atoms. The van der Waals surface area contributed by atoms with Crippen LogP contribution in [0.4, 0.5) is 0 Å². The summed E-state index contributed by atoms with van der Waals surface area (Å²) in [5, 5.41) is 3.53. The van der Waals surface area contributed by atoms with Crippen molar-refractivity contribution in [2.75, 3.05) is 23.0 Å². The number of hydrogen-bond acceptors (Lipinski definition) is 4. The van der Waals surface area contributed by atoms with Crippen LogP contribution in [0.2, 0.25) is 0 Å². The summed E-state index contributed by atoms with van der Waals surface area (Å²) in [6.07, 6.45) is 1.96. The van der Waals surface area contributed by atoms with E-state index in [1.165, 1.54) is 5.75 Å². The summed E-state index contributed by atoms with van der Waals surface area (Å²) in [4.78, 5) is 0. The van der Waals surface area contributed by atoms with E-state index in [1.54, 1.807) is 0 Å². The molecule has 0 bridgehead atoms. The molecule has 0 aliphatic carbocycles. The third-order valence-corrected chi connectivity index (χ3v) is 6.71. The van der Waals surface area contributed by atoms with E-state index in [2.05, 4.69) is 19.2 Å². The fraction of sp³-hybridized carbons (Fsp3) is 1.00. The molecule has 3 nitrogen and oxygen atoms in total. The normalized spacial score (nSPS) is 37.4. The zero-order valence-corrected chi connectivity index (χ0v) is 11.7. The van der Waals surface area contributed by atoms with Crippen LogP contribution in [0.3, 0.4) is 0 Å². The summed E-state index contributed by atoms with van der Waals surface area (Å²) in [7, 11) is -2.74. The van der Waals surface area contributed by atoms with E-state index in [0.29, 0.717) is 23.0 Å². The third kappa shape index (κ3) is 3.37. The summed E-state index contributed by atoms with van der Waals surface area (Å²) in [5.74, 6) is 3.05. The Hall–Kier alpha value is 0.260.